The topological polar surface area (TPSA) is 46.2 Å². The van der Waals surface area contributed by atoms with Crippen molar-refractivity contribution in [3.8, 4) is 28.0 Å². The largest absolute Gasteiger partial charge is 0.508 e. The van der Waals surface area contributed by atoms with E-state index in [1.54, 1.807) is 12.1 Å². The van der Waals surface area contributed by atoms with Crippen LogP contribution < -0.4 is 5.73 Å². The Kier molecular flexibility index (Phi) is 3.13. The summed E-state index contributed by atoms with van der Waals surface area (Å²) < 4.78 is 0. The van der Waals surface area contributed by atoms with E-state index in [0.717, 1.165) is 22.3 Å². The number of benzene rings is 3. The Morgan fingerprint density at radius 3 is 1.45 bits per heavy atom. The highest BCUT2D eigenvalue weighted by Crippen LogP contribution is 2.37. The molecule has 0 unspecified atom stereocenters. The van der Waals surface area contributed by atoms with Crippen molar-refractivity contribution in [2.45, 2.75) is 0 Å². The normalized spacial score (nSPS) is 10.4. The van der Waals surface area contributed by atoms with Gasteiger partial charge >= 0.3 is 0 Å². The van der Waals surface area contributed by atoms with Crippen LogP contribution >= 0.6 is 0 Å². The van der Waals surface area contributed by atoms with E-state index in [4.69, 9.17) is 5.73 Å². The number of aromatic hydroxyl groups is 1. The van der Waals surface area contributed by atoms with E-state index in [1.807, 2.05) is 60.7 Å². The van der Waals surface area contributed by atoms with E-state index in [2.05, 4.69) is 0 Å². The lowest BCUT2D eigenvalue weighted by atomic mass is 9.96. The van der Waals surface area contributed by atoms with Crippen molar-refractivity contribution >= 4 is 5.69 Å². The summed E-state index contributed by atoms with van der Waals surface area (Å²) in [5.74, 6) is 0.219. The van der Waals surface area contributed by atoms with Crippen LogP contribution in [0.4, 0.5) is 5.69 Å². The summed E-state index contributed by atoms with van der Waals surface area (Å²) in [4.78, 5) is 0. The van der Waals surface area contributed by atoms with Crippen LogP contribution in [-0.4, -0.2) is 5.11 Å². The number of anilines is 1. The van der Waals surface area contributed by atoms with E-state index in [1.165, 1.54) is 0 Å². The number of hydrogen-bond donors (Lipinski definition) is 2. The number of rotatable bonds is 2. The molecule has 0 aliphatic rings. The second-order valence-electron chi connectivity index (χ2n) is 4.69. The summed E-state index contributed by atoms with van der Waals surface area (Å²) >= 11 is 0. The zero-order valence-corrected chi connectivity index (χ0v) is 11.0. The van der Waals surface area contributed by atoms with Gasteiger partial charge in [0.25, 0.3) is 0 Å². The van der Waals surface area contributed by atoms with Gasteiger partial charge in [-0.2, -0.15) is 0 Å². The Morgan fingerprint density at radius 1 is 0.650 bits per heavy atom. The van der Waals surface area contributed by atoms with Gasteiger partial charge in [0.1, 0.15) is 5.75 Å². The number of phenolic OH excluding ortho intramolecular Hbond substituents is 1. The van der Waals surface area contributed by atoms with Crippen LogP contribution in [0.2, 0.25) is 0 Å². The second-order valence-corrected chi connectivity index (χ2v) is 4.69. The highest BCUT2D eigenvalue weighted by atomic mass is 16.3. The first-order chi connectivity index (χ1) is 9.75. The van der Waals surface area contributed by atoms with Gasteiger partial charge in [0.15, 0.2) is 0 Å². The van der Waals surface area contributed by atoms with Crippen LogP contribution in [0.3, 0.4) is 0 Å². The van der Waals surface area contributed by atoms with Crippen LogP contribution in [0.5, 0.6) is 5.75 Å². The molecule has 0 saturated heterocycles. The molecule has 0 bridgehead atoms. The SMILES string of the molecule is Nc1c(-c2ccccc2)cc(O)cc1-c1ccccc1. The molecule has 2 nitrogen and oxygen atoms in total. The summed E-state index contributed by atoms with van der Waals surface area (Å²) in [5, 5.41) is 9.99. The third kappa shape index (κ3) is 2.24. The van der Waals surface area contributed by atoms with Gasteiger partial charge in [0.2, 0.25) is 0 Å². The van der Waals surface area contributed by atoms with Crippen molar-refractivity contribution in [1.29, 1.82) is 0 Å². The third-order valence-corrected chi connectivity index (χ3v) is 3.33. The van der Waals surface area contributed by atoms with Crippen LogP contribution in [-0.2, 0) is 0 Å². The molecule has 0 aliphatic carbocycles. The number of nitrogen functional groups attached to an aromatic ring is 1. The molecule has 2 heteroatoms. The van der Waals surface area contributed by atoms with Gasteiger partial charge < -0.3 is 10.8 Å². The first-order valence-electron chi connectivity index (χ1n) is 6.49. The molecule has 20 heavy (non-hydrogen) atoms. The van der Waals surface area contributed by atoms with Gasteiger partial charge in [-0.25, -0.2) is 0 Å². The van der Waals surface area contributed by atoms with Gasteiger partial charge in [0.05, 0.1) is 0 Å². The minimum Gasteiger partial charge on any atom is -0.508 e. The van der Waals surface area contributed by atoms with Gasteiger partial charge in [0, 0.05) is 16.8 Å². The number of nitrogens with two attached hydrogens (primary N) is 1. The summed E-state index contributed by atoms with van der Waals surface area (Å²) in [7, 11) is 0. The molecule has 0 amide bonds. The smallest absolute Gasteiger partial charge is 0.116 e. The standard InChI is InChI=1S/C18H15NO/c19-18-16(13-7-3-1-4-8-13)11-15(20)12-17(18)14-9-5-2-6-10-14/h1-12,20H,19H2. The molecule has 0 aromatic heterocycles. The summed E-state index contributed by atoms with van der Waals surface area (Å²) in [6.07, 6.45) is 0. The lowest BCUT2D eigenvalue weighted by Crippen LogP contribution is -1.94. The summed E-state index contributed by atoms with van der Waals surface area (Å²) in [6, 6.07) is 23.1. The van der Waals surface area contributed by atoms with Crippen LogP contribution in [0, 0.1) is 0 Å². The molecular formula is C18H15NO. The number of hydrogen-bond acceptors (Lipinski definition) is 2. The maximum Gasteiger partial charge on any atom is 0.116 e. The first-order valence-corrected chi connectivity index (χ1v) is 6.49. The molecule has 0 fully saturated rings. The van der Waals surface area contributed by atoms with E-state index in [9.17, 15) is 5.11 Å². The molecule has 3 aromatic rings. The van der Waals surface area contributed by atoms with E-state index in [-0.39, 0.29) is 5.75 Å². The molecule has 0 atom stereocenters. The van der Waals surface area contributed by atoms with Gasteiger partial charge in [-0.05, 0) is 23.3 Å². The Hall–Kier alpha value is -2.74. The predicted molar refractivity (Wildman–Crippen MR) is 83.4 cm³/mol. The zero-order valence-electron chi connectivity index (χ0n) is 11.0. The Bertz CT molecular complexity index is 660. The molecule has 3 rings (SSSR count). The minimum absolute atomic E-state index is 0.219. The average molecular weight is 261 g/mol. The summed E-state index contributed by atoms with van der Waals surface area (Å²) in [6.45, 7) is 0. The fraction of sp³-hybridized carbons (Fsp3) is 0. The van der Waals surface area contributed by atoms with Gasteiger partial charge in [-0.3, -0.25) is 0 Å². The van der Waals surface area contributed by atoms with Crippen molar-refractivity contribution in [1.82, 2.24) is 0 Å². The van der Waals surface area contributed by atoms with E-state index < -0.39 is 0 Å². The molecule has 0 heterocycles. The van der Waals surface area contributed by atoms with E-state index in [0.29, 0.717) is 5.69 Å². The maximum atomic E-state index is 9.99. The molecule has 0 aliphatic heterocycles. The monoisotopic (exact) mass is 261 g/mol. The zero-order chi connectivity index (χ0) is 13.9. The van der Waals surface area contributed by atoms with Crippen molar-refractivity contribution < 1.29 is 5.11 Å². The molecule has 0 spiro atoms. The highest BCUT2D eigenvalue weighted by molar-refractivity contribution is 5.90. The number of phenols is 1. The van der Waals surface area contributed by atoms with Crippen molar-refractivity contribution in [3.05, 3.63) is 72.8 Å². The fourth-order valence-corrected chi connectivity index (χ4v) is 2.35. The Labute approximate surface area is 118 Å². The van der Waals surface area contributed by atoms with Gasteiger partial charge in [-0.15, -0.1) is 0 Å². The van der Waals surface area contributed by atoms with Gasteiger partial charge in [-0.1, -0.05) is 60.7 Å². The molecule has 3 N–H and O–H groups in total. The lowest BCUT2D eigenvalue weighted by Gasteiger charge is -2.12. The minimum atomic E-state index is 0.219. The van der Waals surface area contributed by atoms with Crippen LogP contribution in [0.15, 0.2) is 72.8 Å². The van der Waals surface area contributed by atoms with Crippen molar-refractivity contribution in [2.24, 2.45) is 0 Å². The highest BCUT2D eigenvalue weighted by Gasteiger charge is 2.11. The predicted octanol–water partition coefficient (Wildman–Crippen LogP) is 4.31. The molecule has 98 valence electrons. The Morgan fingerprint density at radius 2 is 1.05 bits per heavy atom. The second kappa shape index (κ2) is 5.10. The molecule has 3 aromatic carbocycles. The average Bonchev–Trinajstić information content (AvgIpc) is 2.51. The maximum absolute atomic E-state index is 9.99. The summed E-state index contributed by atoms with van der Waals surface area (Å²) in [5.41, 5.74) is 10.7. The van der Waals surface area contributed by atoms with Crippen LogP contribution in [0.25, 0.3) is 22.3 Å². The van der Waals surface area contributed by atoms with Crippen molar-refractivity contribution in [2.75, 3.05) is 5.73 Å². The first kappa shape index (κ1) is 12.3. The molecule has 0 radical (unpaired) electrons. The Balaban J connectivity index is 2.22. The van der Waals surface area contributed by atoms with Crippen LogP contribution in [0.1, 0.15) is 0 Å². The fourth-order valence-electron chi connectivity index (χ4n) is 2.35. The molecule has 0 saturated carbocycles. The quantitative estimate of drug-likeness (QED) is 0.533. The third-order valence-electron chi connectivity index (χ3n) is 3.33. The van der Waals surface area contributed by atoms with Crippen molar-refractivity contribution in [3.63, 3.8) is 0 Å². The van der Waals surface area contributed by atoms with E-state index >= 15 is 0 Å². The lowest BCUT2D eigenvalue weighted by molar-refractivity contribution is 0.476. The molecular weight excluding hydrogens is 246 g/mol.